The van der Waals surface area contributed by atoms with E-state index in [1.165, 1.54) is 32.1 Å². The monoisotopic (exact) mass is 419 g/mol. The second-order valence-electron chi connectivity index (χ2n) is 9.43. The van der Waals surface area contributed by atoms with Crippen LogP contribution in [-0.2, 0) is 9.53 Å². The van der Waals surface area contributed by atoms with Crippen molar-refractivity contribution in [2.45, 2.75) is 122 Å². The van der Waals surface area contributed by atoms with Crippen LogP contribution in [0.15, 0.2) is 24.3 Å². The summed E-state index contributed by atoms with van der Waals surface area (Å²) in [4.78, 5) is 12.3. The number of piperidine rings is 1. The molecule has 4 nitrogen and oxygen atoms in total. The van der Waals surface area contributed by atoms with Crippen LogP contribution in [0, 0.1) is 11.8 Å². The summed E-state index contributed by atoms with van der Waals surface area (Å²) in [6.45, 7) is 6.42. The summed E-state index contributed by atoms with van der Waals surface area (Å²) in [5.41, 5.74) is 0. The maximum Gasteiger partial charge on any atom is 0.331 e. The summed E-state index contributed by atoms with van der Waals surface area (Å²) in [5.74, 6) is 1.08. The number of nitrogens with one attached hydrogen (secondary N) is 1. The van der Waals surface area contributed by atoms with Crippen molar-refractivity contribution in [1.29, 1.82) is 0 Å². The van der Waals surface area contributed by atoms with Crippen LogP contribution >= 0.6 is 0 Å². The SMILES string of the molecule is CCC/C=C/C=C/C(=O)O[C@H]1C[C@@H]2[C@H](CCCC[C@@H](O)CCC)CCC[C@@H]2N[C@H]1C. The minimum atomic E-state index is -0.231. The van der Waals surface area contributed by atoms with Gasteiger partial charge in [-0.3, -0.25) is 0 Å². The number of esters is 1. The van der Waals surface area contributed by atoms with Crippen molar-refractivity contribution in [3.63, 3.8) is 0 Å². The molecule has 0 aromatic carbocycles. The zero-order valence-corrected chi connectivity index (χ0v) is 19.5. The van der Waals surface area contributed by atoms with E-state index in [2.05, 4.69) is 32.2 Å². The Morgan fingerprint density at radius 3 is 2.77 bits per heavy atom. The molecule has 0 amide bonds. The van der Waals surface area contributed by atoms with Gasteiger partial charge in [-0.1, -0.05) is 77.0 Å². The van der Waals surface area contributed by atoms with Crippen molar-refractivity contribution in [3.8, 4) is 0 Å². The highest BCUT2D eigenvalue weighted by Crippen LogP contribution is 2.40. The van der Waals surface area contributed by atoms with E-state index in [1.807, 2.05) is 6.08 Å². The topological polar surface area (TPSA) is 58.6 Å². The highest BCUT2D eigenvalue weighted by atomic mass is 16.5. The van der Waals surface area contributed by atoms with Crippen LogP contribution < -0.4 is 5.32 Å². The average Bonchev–Trinajstić information content (AvgIpc) is 2.72. The molecule has 1 saturated heterocycles. The zero-order chi connectivity index (χ0) is 21.8. The standard InChI is InChI=1S/C26H45NO3/c1-4-6-7-8-9-18-26(29)30-25-19-23-21(14-10-11-16-22(28)13-5-2)15-12-17-24(23)27-20(25)3/h7-9,18,20-25,27-28H,4-6,10-17,19H2,1-3H3/b8-7+,18-9+/t20-,21+,22-,23+,24-,25-/m0/s1. The summed E-state index contributed by atoms with van der Waals surface area (Å²) in [5, 5.41) is 13.7. The van der Waals surface area contributed by atoms with Crippen molar-refractivity contribution in [1.82, 2.24) is 5.32 Å². The van der Waals surface area contributed by atoms with Crippen molar-refractivity contribution < 1.29 is 14.6 Å². The van der Waals surface area contributed by atoms with E-state index >= 15 is 0 Å². The van der Waals surface area contributed by atoms with Crippen molar-refractivity contribution in [2.75, 3.05) is 0 Å². The molecule has 0 radical (unpaired) electrons. The molecule has 2 aliphatic rings. The van der Waals surface area contributed by atoms with Gasteiger partial charge in [0, 0.05) is 18.2 Å². The third-order valence-electron chi connectivity index (χ3n) is 6.94. The summed E-state index contributed by atoms with van der Waals surface area (Å²) >= 11 is 0. The number of rotatable bonds is 12. The number of aliphatic hydroxyl groups excluding tert-OH is 1. The van der Waals surface area contributed by atoms with E-state index in [0.29, 0.717) is 17.9 Å². The van der Waals surface area contributed by atoms with E-state index < -0.39 is 0 Å². The van der Waals surface area contributed by atoms with Gasteiger partial charge in [0.15, 0.2) is 0 Å². The first-order valence-electron chi connectivity index (χ1n) is 12.5. The van der Waals surface area contributed by atoms with E-state index in [1.54, 1.807) is 12.2 Å². The Morgan fingerprint density at radius 1 is 1.17 bits per heavy atom. The van der Waals surface area contributed by atoms with Crippen LogP contribution in [0.1, 0.15) is 97.8 Å². The molecule has 4 heteroatoms. The fourth-order valence-electron chi connectivity index (χ4n) is 5.27. The second-order valence-corrected chi connectivity index (χ2v) is 9.43. The number of hydrogen-bond acceptors (Lipinski definition) is 4. The third-order valence-corrected chi connectivity index (χ3v) is 6.94. The van der Waals surface area contributed by atoms with Gasteiger partial charge >= 0.3 is 5.97 Å². The predicted octanol–water partition coefficient (Wildman–Crippen LogP) is 5.70. The lowest BCUT2D eigenvalue weighted by atomic mass is 9.68. The molecular formula is C26H45NO3. The molecule has 6 atom stereocenters. The van der Waals surface area contributed by atoms with E-state index in [4.69, 9.17) is 4.74 Å². The van der Waals surface area contributed by atoms with Crippen molar-refractivity contribution in [2.24, 2.45) is 11.8 Å². The Bertz CT molecular complexity index is 544. The zero-order valence-electron chi connectivity index (χ0n) is 19.5. The number of ether oxygens (including phenoxy) is 1. The first-order chi connectivity index (χ1) is 14.5. The second kappa shape index (κ2) is 14.0. The predicted molar refractivity (Wildman–Crippen MR) is 124 cm³/mol. The highest BCUT2D eigenvalue weighted by molar-refractivity contribution is 5.82. The van der Waals surface area contributed by atoms with Gasteiger partial charge in [-0.15, -0.1) is 0 Å². The molecule has 0 aromatic rings. The molecule has 0 bridgehead atoms. The first-order valence-corrected chi connectivity index (χ1v) is 12.5. The molecule has 1 aliphatic carbocycles. The average molecular weight is 420 g/mol. The number of carbonyl (C=O) groups is 1. The summed E-state index contributed by atoms with van der Waals surface area (Å²) < 4.78 is 5.84. The van der Waals surface area contributed by atoms with Crippen LogP contribution in [0.3, 0.4) is 0 Å². The summed E-state index contributed by atoms with van der Waals surface area (Å²) in [6.07, 6.45) is 20.6. The van der Waals surface area contributed by atoms with Crippen LogP contribution in [0.5, 0.6) is 0 Å². The molecule has 172 valence electrons. The molecule has 30 heavy (non-hydrogen) atoms. The van der Waals surface area contributed by atoms with Gasteiger partial charge in [0.1, 0.15) is 6.10 Å². The Kier molecular flexibility index (Phi) is 11.8. The number of hydrogen-bond donors (Lipinski definition) is 2. The molecule has 1 heterocycles. The van der Waals surface area contributed by atoms with E-state index in [9.17, 15) is 9.90 Å². The maximum absolute atomic E-state index is 12.3. The Balaban J connectivity index is 1.82. The number of allylic oxidation sites excluding steroid dienone is 3. The summed E-state index contributed by atoms with van der Waals surface area (Å²) in [7, 11) is 0. The lowest BCUT2D eigenvalue weighted by Gasteiger charge is -2.47. The number of carbonyl (C=O) groups excluding carboxylic acids is 1. The number of aliphatic hydroxyl groups is 1. The third kappa shape index (κ3) is 8.55. The molecule has 0 unspecified atom stereocenters. The van der Waals surface area contributed by atoms with Crippen LogP contribution in [0.4, 0.5) is 0 Å². The lowest BCUT2D eigenvalue weighted by Crippen LogP contribution is -2.57. The maximum atomic E-state index is 12.3. The molecule has 1 aliphatic heterocycles. The highest BCUT2D eigenvalue weighted by Gasteiger charge is 2.41. The quantitative estimate of drug-likeness (QED) is 0.184. The Labute approximate surface area is 184 Å². The Morgan fingerprint density at radius 2 is 2.00 bits per heavy atom. The molecule has 0 aromatic heterocycles. The fourth-order valence-corrected chi connectivity index (χ4v) is 5.27. The Hall–Kier alpha value is -1.13. The first kappa shape index (κ1) is 25.1. The van der Waals surface area contributed by atoms with Gasteiger partial charge in [0.2, 0.25) is 0 Å². The fraction of sp³-hybridized carbons (Fsp3) is 0.808. The number of unbranched alkanes of at least 4 members (excludes halogenated alkanes) is 2. The van der Waals surface area contributed by atoms with E-state index in [0.717, 1.165) is 44.9 Å². The van der Waals surface area contributed by atoms with Gasteiger partial charge in [0.05, 0.1) is 6.10 Å². The van der Waals surface area contributed by atoms with Gasteiger partial charge in [-0.25, -0.2) is 4.79 Å². The van der Waals surface area contributed by atoms with Gasteiger partial charge in [-0.2, -0.15) is 0 Å². The van der Waals surface area contributed by atoms with Gasteiger partial charge < -0.3 is 15.2 Å². The van der Waals surface area contributed by atoms with Gasteiger partial charge in [-0.05, 0) is 50.9 Å². The molecule has 1 saturated carbocycles. The number of fused-ring (bicyclic) bond motifs is 1. The van der Waals surface area contributed by atoms with Crippen LogP contribution in [-0.4, -0.2) is 35.4 Å². The van der Waals surface area contributed by atoms with Crippen LogP contribution in [0.25, 0.3) is 0 Å². The molecule has 2 N–H and O–H groups in total. The smallest absolute Gasteiger partial charge is 0.331 e. The summed E-state index contributed by atoms with van der Waals surface area (Å²) in [6, 6.07) is 0.772. The molecule has 2 rings (SSSR count). The molecule has 2 fully saturated rings. The van der Waals surface area contributed by atoms with Crippen LogP contribution in [0.2, 0.25) is 0 Å². The lowest BCUT2D eigenvalue weighted by molar-refractivity contribution is -0.148. The van der Waals surface area contributed by atoms with Gasteiger partial charge in [0.25, 0.3) is 0 Å². The normalized spacial score (nSPS) is 30.5. The van der Waals surface area contributed by atoms with Crippen molar-refractivity contribution in [3.05, 3.63) is 24.3 Å². The van der Waals surface area contributed by atoms with Crippen molar-refractivity contribution >= 4 is 5.97 Å². The minimum Gasteiger partial charge on any atom is -0.458 e. The minimum absolute atomic E-state index is 0.0463. The molecular weight excluding hydrogens is 374 g/mol. The molecule has 0 spiro atoms. The largest absolute Gasteiger partial charge is 0.458 e. The van der Waals surface area contributed by atoms with E-state index in [-0.39, 0.29) is 24.2 Å².